The molecule has 0 saturated heterocycles. The van der Waals surface area contributed by atoms with E-state index in [4.69, 9.17) is 5.73 Å². The predicted octanol–water partition coefficient (Wildman–Crippen LogP) is 4.40. The summed E-state index contributed by atoms with van der Waals surface area (Å²) < 4.78 is 42.5. The third-order valence-corrected chi connectivity index (χ3v) is 6.05. The molecule has 10 heteroatoms. The Morgan fingerprint density at radius 2 is 1.91 bits per heavy atom. The monoisotopic (exact) mass is 442 g/mol. The lowest BCUT2D eigenvalue weighted by Gasteiger charge is -2.31. The van der Waals surface area contributed by atoms with Crippen LogP contribution in [0, 0.1) is 0 Å². The standard InChI is InChI=1S/C22H21F3N6O/c23-22(24,25)17-12-30-18(4-1-5-19(30)29-17)28-14-6-8-15(9-7-14)31-16(20(26)32)11-13-3-2-10-27-21(13)31/h1-5,10-12,14-15,28H,6-9H2,(H2,26,32). The van der Waals surface area contributed by atoms with E-state index in [1.54, 1.807) is 30.5 Å². The molecule has 0 unspecified atom stereocenters. The average molecular weight is 442 g/mol. The number of alkyl halides is 3. The van der Waals surface area contributed by atoms with Crippen molar-refractivity contribution in [3.8, 4) is 0 Å². The number of pyridine rings is 2. The zero-order chi connectivity index (χ0) is 22.5. The van der Waals surface area contributed by atoms with E-state index in [0.29, 0.717) is 11.5 Å². The summed E-state index contributed by atoms with van der Waals surface area (Å²) in [6.45, 7) is 0. The van der Waals surface area contributed by atoms with Crippen molar-refractivity contribution in [3.63, 3.8) is 0 Å². The third-order valence-electron chi connectivity index (χ3n) is 6.05. The molecule has 1 amide bonds. The number of nitrogens with two attached hydrogens (primary N) is 1. The fourth-order valence-electron chi connectivity index (χ4n) is 4.57. The number of hydrogen-bond acceptors (Lipinski definition) is 4. The first-order valence-electron chi connectivity index (χ1n) is 10.4. The van der Waals surface area contributed by atoms with Gasteiger partial charge >= 0.3 is 6.18 Å². The number of nitrogens with zero attached hydrogens (tertiary/aromatic N) is 4. The molecule has 0 aromatic carbocycles. The largest absolute Gasteiger partial charge is 0.434 e. The van der Waals surface area contributed by atoms with E-state index in [9.17, 15) is 18.0 Å². The topological polar surface area (TPSA) is 90.2 Å². The highest BCUT2D eigenvalue weighted by Crippen LogP contribution is 2.35. The van der Waals surface area contributed by atoms with E-state index < -0.39 is 17.8 Å². The molecule has 1 aliphatic rings. The van der Waals surface area contributed by atoms with Gasteiger partial charge in [0.15, 0.2) is 5.69 Å². The first-order chi connectivity index (χ1) is 15.3. The van der Waals surface area contributed by atoms with Gasteiger partial charge in [0.05, 0.1) is 0 Å². The Kier molecular flexibility index (Phi) is 4.79. The van der Waals surface area contributed by atoms with Gasteiger partial charge in [-0.3, -0.25) is 9.20 Å². The van der Waals surface area contributed by atoms with E-state index in [1.807, 2.05) is 16.7 Å². The number of imidazole rings is 1. The molecule has 1 saturated carbocycles. The number of fused-ring (bicyclic) bond motifs is 2. The van der Waals surface area contributed by atoms with Gasteiger partial charge in [0, 0.05) is 29.9 Å². The van der Waals surface area contributed by atoms with Crippen molar-refractivity contribution in [2.75, 3.05) is 5.32 Å². The third kappa shape index (κ3) is 3.55. The van der Waals surface area contributed by atoms with Crippen LogP contribution >= 0.6 is 0 Å². The Morgan fingerprint density at radius 3 is 2.62 bits per heavy atom. The molecule has 0 aliphatic heterocycles. The minimum Gasteiger partial charge on any atom is -0.368 e. The van der Waals surface area contributed by atoms with Gasteiger partial charge in [0.2, 0.25) is 0 Å². The zero-order valence-corrected chi connectivity index (χ0v) is 17.0. The summed E-state index contributed by atoms with van der Waals surface area (Å²) in [7, 11) is 0. The number of halogens is 3. The van der Waals surface area contributed by atoms with Gasteiger partial charge in [0.25, 0.3) is 5.91 Å². The molecular weight excluding hydrogens is 421 g/mol. The Morgan fingerprint density at radius 1 is 1.12 bits per heavy atom. The maximum absolute atomic E-state index is 13.1. The molecule has 4 aromatic heterocycles. The van der Waals surface area contributed by atoms with Gasteiger partial charge in [-0.05, 0) is 56.0 Å². The first kappa shape index (κ1) is 20.3. The van der Waals surface area contributed by atoms with Crippen LogP contribution in [0.25, 0.3) is 16.7 Å². The molecule has 166 valence electrons. The van der Waals surface area contributed by atoms with E-state index in [-0.39, 0.29) is 17.7 Å². The van der Waals surface area contributed by atoms with Crippen molar-refractivity contribution >= 4 is 28.4 Å². The number of aromatic nitrogens is 4. The Hall–Kier alpha value is -3.56. The van der Waals surface area contributed by atoms with Crippen LogP contribution in [0.3, 0.4) is 0 Å². The summed E-state index contributed by atoms with van der Waals surface area (Å²) in [6, 6.07) is 10.6. The second-order valence-corrected chi connectivity index (χ2v) is 8.09. The Bertz CT molecular complexity index is 1300. The second kappa shape index (κ2) is 7.54. The van der Waals surface area contributed by atoms with Crippen molar-refractivity contribution in [2.45, 2.75) is 43.9 Å². The minimum atomic E-state index is -4.49. The lowest BCUT2D eigenvalue weighted by atomic mass is 9.90. The van der Waals surface area contributed by atoms with Crippen LogP contribution < -0.4 is 11.1 Å². The van der Waals surface area contributed by atoms with Crippen molar-refractivity contribution in [2.24, 2.45) is 5.73 Å². The van der Waals surface area contributed by atoms with Crippen molar-refractivity contribution < 1.29 is 18.0 Å². The minimum absolute atomic E-state index is 0.0730. The molecule has 1 aliphatic carbocycles. The predicted molar refractivity (Wildman–Crippen MR) is 113 cm³/mol. The van der Waals surface area contributed by atoms with Gasteiger partial charge < -0.3 is 15.6 Å². The quantitative estimate of drug-likeness (QED) is 0.490. The van der Waals surface area contributed by atoms with Gasteiger partial charge in [-0.25, -0.2) is 9.97 Å². The van der Waals surface area contributed by atoms with Crippen LogP contribution in [0.4, 0.5) is 19.0 Å². The molecule has 7 nitrogen and oxygen atoms in total. The molecule has 0 bridgehead atoms. The smallest absolute Gasteiger partial charge is 0.368 e. The molecule has 0 spiro atoms. The van der Waals surface area contributed by atoms with Crippen LogP contribution in [0.5, 0.6) is 0 Å². The van der Waals surface area contributed by atoms with Gasteiger partial charge in [-0.2, -0.15) is 13.2 Å². The molecule has 5 rings (SSSR count). The number of nitrogens with one attached hydrogen (secondary N) is 1. The van der Waals surface area contributed by atoms with Gasteiger partial charge in [-0.1, -0.05) is 6.07 Å². The van der Waals surface area contributed by atoms with Gasteiger partial charge in [0.1, 0.15) is 22.8 Å². The van der Waals surface area contributed by atoms with E-state index >= 15 is 0 Å². The Labute approximate surface area is 181 Å². The van der Waals surface area contributed by atoms with Crippen LogP contribution in [0.15, 0.2) is 48.8 Å². The molecule has 3 N–H and O–H groups in total. The molecule has 32 heavy (non-hydrogen) atoms. The summed E-state index contributed by atoms with van der Waals surface area (Å²) in [5.74, 6) is 0.0790. The number of amides is 1. The van der Waals surface area contributed by atoms with E-state index in [1.165, 1.54) is 4.40 Å². The summed E-state index contributed by atoms with van der Waals surface area (Å²) in [5, 5.41) is 4.24. The lowest BCUT2D eigenvalue weighted by Crippen LogP contribution is -2.30. The highest BCUT2D eigenvalue weighted by Gasteiger charge is 2.34. The zero-order valence-electron chi connectivity index (χ0n) is 17.0. The summed E-state index contributed by atoms with van der Waals surface area (Å²) in [4.78, 5) is 20.1. The Balaban J connectivity index is 1.35. The SMILES string of the molecule is NC(=O)c1cc2cccnc2n1C1CCC(Nc2cccc3nc(C(F)(F)F)cn23)CC1. The molecule has 4 aromatic rings. The van der Waals surface area contributed by atoms with Crippen LogP contribution in [-0.4, -0.2) is 30.9 Å². The van der Waals surface area contributed by atoms with Crippen molar-refractivity contribution in [3.05, 3.63) is 60.2 Å². The lowest BCUT2D eigenvalue weighted by molar-refractivity contribution is -0.140. The maximum atomic E-state index is 13.1. The summed E-state index contributed by atoms with van der Waals surface area (Å²) in [6.07, 6.45) is 1.35. The van der Waals surface area contributed by atoms with E-state index in [0.717, 1.165) is 42.9 Å². The average Bonchev–Trinajstić information content (AvgIpc) is 3.37. The van der Waals surface area contributed by atoms with Crippen molar-refractivity contribution in [1.29, 1.82) is 0 Å². The fourth-order valence-corrected chi connectivity index (χ4v) is 4.57. The number of primary amides is 1. The second-order valence-electron chi connectivity index (χ2n) is 8.09. The fraction of sp³-hybridized carbons (Fsp3) is 0.318. The normalized spacial score (nSPS) is 19.5. The molecular formula is C22H21F3N6O. The van der Waals surface area contributed by atoms with Crippen molar-refractivity contribution in [1.82, 2.24) is 18.9 Å². The molecule has 4 heterocycles. The number of carbonyl (C=O) groups excluding carboxylic acids is 1. The van der Waals surface area contributed by atoms with E-state index in [2.05, 4.69) is 15.3 Å². The number of anilines is 1. The summed E-state index contributed by atoms with van der Waals surface area (Å²) in [5.41, 5.74) is 6.12. The highest BCUT2D eigenvalue weighted by molar-refractivity contribution is 5.97. The first-order valence-corrected chi connectivity index (χ1v) is 10.4. The number of rotatable bonds is 4. The highest BCUT2D eigenvalue weighted by atomic mass is 19.4. The number of hydrogen-bond donors (Lipinski definition) is 2. The van der Waals surface area contributed by atoms with Crippen LogP contribution in [0.2, 0.25) is 0 Å². The maximum Gasteiger partial charge on any atom is 0.434 e. The van der Waals surface area contributed by atoms with Crippen LogP contribution in [0.1, 0.15) is 47.9 Å². The van der Waals surface area contributed by atoms with Crippen LogP contribution in [-0.2, 0) is 6.18 Å². The van der Waals surface area contributed by atoms with Gasteiger partial charge in [-0.15, -0.1) is 0 Å². The summed E-state index contributed by atoms with van der Waals surface area (Å²) >= 11 is 0. The number of carbonyl (C=O) groups is 1. The molecule has 1 fully saturated rings. The molecule has 0 radical (unpaired) electrons. The molecule has 0 atom stereocenters.